The van der Waals surface area contributed by atoms with Crippen molar-refractivity contribution < 1.29 is 18.7 Å². The second-order valence-corrected chi connectivity index (χ2v) is 5.55. The SMILES string of the molecule is Cc1ccoc1C(=O)OCC(=O)c1cc(C)c(C)c(C)c1C. The standard InChI is InChI=1S/C18H20O4/c1-10-6-7-21-17(10)18(20)22-9-16(19)15-8-11(2)12(3)13(4)14(15)5/h6-8H,9H2,1-5H3. The molecule has 0 radical (unpaired) electrons. The molecular formula is C18H20O4. The second kappa shape index (κ2) is 6.18. The van der Waals surface area contributed by atoms with Crippen molar-refractivity contribution in [3.05, 3.63) is 57.5 Å². The Morgan fingerprint density at radius 3 is 2.27 bits per heavy atom. The summed E-state index contributed by atoms with van der Waals surface area (Å²) in [7, 11) is 0. The van der Waals surface area contributed by atoms with Crippen LogP contribution in [-0.2, 0) is 4.74 Å². The van der Waals surface area contributed by atoms with Gasteiger partial charge in [0.15, 0.2) is 6.61 Å². The number of Topliss-reactive ketones (excluding diaryl/α,β-unsaturated/α-hetero) is 1. The van der Waals surface area contributed by atoms with Crippen LogP contribution in [0.1, 0.15) is 48.7 Å². The minimum absolute atomic E-state index is 0.140. The topological polar surface area (TPSA) is 56.5 Å². The number of carbonyl (C=O) groups excluding carboxylic acids is 2. The third kappa shape index (κ3) is 2.96. The van der Waals surface area contributed by atoms with Crippen LogP contribution in [0.15, 0.2) is 22.8 Å². The lowest BCUT2D eigenvalue weighted by Gasteiger charge is -2.13. The lowest BCUT2D eigenvalue weighted by molar-refractivity contribution is 0.0442. The van der Waals surface area contributed by atoms with Crippen LogP contribution in [0.2, 0.25) is 0 Å². The number of carbonyl (C=O) groups is 2. The fraction of sp³-hybridized carbons (Fsp3) is 0.333. The summed E-state index contributed by atoms with van der Waals surface area (Å²) in [6, 6.07) is 3.53. The van der Waals surface area contributed by atoms with Gasteiger partial charge in [-0.1, -0.05) is 0 Å². The number of furan rings is 1. The molecule has 0 aliphatic rings. The van der Waals surface area contributed by atoms with E-state index in [1.807, 2.05) is 33.8 Å². The summed E-state index contributed by atoms with van der Waals surface area (Å²) in [5, 5.41) is 0. The van der Waals surface area contributed by atoms with E-state index >= 15 is 0 Å². The number of hydrogen-bond donors (Lipinski definition) is 0. The van der Waals surface area contributed by atoms with Crippen LogP contribution in [0, 0.1) is 34.6 Å². The summed E-state index contributed by atoms with van der Waals surface area (Å²) < 4.78 is 10.1. The molecule has 116 valence electrons. The summed E-state index contributed by atoms with van der Waals surface area (Å²) in [5.41, 5.74) is 5.55. The largest absolute Gasteiger partial charge is 0.457 e. The number of ether oxygens (including phenoxy) is 1. The van der Waals surface area contributed by atoms with Crippen molar-refractivity contribution in [2.24, 2.45) is 0 Å². The van der Waals surface area contributed by atoms with Gasteiger partial charge in [-0.05, 0) is 69.0 Å². The monoisotopic (exact) mass is 300 g/mol. The molecule has 0 aliphatic carbocycles. The van der Waals surface area contributed by atoms with Gasteiger partial charge >= 0.3 is 5.97 Å². The molecule has 2 aromatic rings. The van der Waals surface area contributed by atoms with Gasteiger partial charge in [0.2, 0.25) is 11.5 Å². The van der Waals surface area contributed by atoms with E-state index in [1.54, 1.807) is 13.0 Å². The molecule has 22 heavy (non-hydrogen) atoms. The number of aryl methyl sites for hydroxylation is 2. The minimum Gasteiger partial charge on any atom is -0.457 e. The number of benzene rings is 1. The molecule has 0 N–H and O–H groups in total. The van der Waals surface area contributed by atoms with E-state index in [0.29, 0.717) is 11.1 Å². The van der Waals surface area contributed by atoms with Gasteiger partial charge in [0.1, 0.15) is 0 Å². The Labute approximate surface area is 130 Å². The highest BCUT2D eigenvalue weighted by molar-refractivity contribution is 6.00. The van der Waals surface area contributed by atoms with E-state index in [2.05, 4.69) is 0 Å². The van der Waals surface area contributed by atoms with Gasteiger partial charge in [0.25, 0.3) is 0 Å². The molecule has 0 unspecified atom stereocenters. The van der Waals surface area contributed by atoms with Gasteiger partial charge in [-0.25, -0.2) is 4.79 Å². The molecular weight excluding hydrogens is 280 g/mol. The average molecular weight is 300 g/mol. The van der Waals surface area contributed by atoms with Crippen molar-refractivity contribution in [3.63, 3.8) is 0 Å². The predicted octanol–water partition coefficient (Wildman–Crippen LogP) is 3.86. The Balaban J connectivity index is 2.14. The van der Waals surface area contributed by atoms with Gasteiger partial charge in [-0.3, -0.25) is 4.79 Å². The minimum atomic E-state index is -0.617. The summed E-state index contributed by atoms with van der Waals surface area (Å²) in [6.45, 7) is 9.36. The van der Waals surface area contributed by atoms with E-state index in [-0.39, 0.29) is 18.2 Å². The van der Waals surface area contributed by atoms with Gasteiger partial charge in [-0.2, -0.15) is 0 Å². The molecule has 0 bridgehead atoms. The number of esters is 1. The molecule has 0 saturated carbocycles. The molecule has 0 atom stereocenters. The van der Waals surface area contributed by atoms with Crippen LogP contribution in [0.25, 0.3) is 0 Å². The Morgan fingerprint density at radius 1 is 1.00 bits per heavy atom. The molecule has 0 saturated heterocycles. The quantitative estimate of drug-likeness (QED) is 0.635. The highest BCUT2D eigenvalue weighted by Crippen LogP contribution is 2.22. The van der Waals surface area contributed by atoms with E-state index in [0.717, 1.165) is 16.7 Å². The third-order valence-electron chi connectivity index (χ3n) is 4.16. The predicted molar refractivity (Wildman–Crippen MR) is 83.4 cm³/mol. The van der Waals surface area contributed by atoms with Crippen molar-refractivity contribution in [2.75, 3.05) is 6.61 Å². The summed E-state index contributed by atoms with van der Waals surface area (Å²) in [4.78, 5) is 24.2. The maximum atomic E-state index is 12.3. The molecule has 2 rings (SSSR count). The van der Waals surface area contributed by atoms with Gasteiger partial charge < -0.3 is 9.15 Å². The molecule has 4 heteroatoms. The van der Waals surface area contributed by atoms with Crippen molar-refractivity contribution in [2.45, 2.75) is 34.6 Å². The van der Waals surface area contributed by atoms with Crippen LogP contribution in [0.3, 0.4) is 0 Å². The normalized spacial score (nSPS) is 10.6. The molecule has 1 heterocycles. The molecule has 4 nitrogen and oxygen atoms in total. The Kier molecular flexibility index (Phi) is 4.50. The molecule has 0 aliphatic heterocycles. The highest BCUT2D eigenvalue weighted by Gasteiger charge is 2.18. The fourth-order valence-electron chi connectivity index (χ4n) is 2.36. The number of rotatable bonds is 4. The first kappa shape index (κ1) is 16.0. The van der Waals surface area contributed by atoms with Crippen LogP contribution in [0.5, 0.6) is 0 Å². The molecule has 0 spiro atoms. The van der Waals surface area contributed by atoms with Crippen LogP contribution >= 0.6 is 0 Å². The van der Waals surface area contributed by atoms with E-state index in [9.17, 15) is 9.59 Å². The summed E-state index contributed by atoms with van der Waals surface area (Å²) >= 11 is 0. The van der Waals surface area contributed by atoms with Crippen molar-refractivity contribution in [1.29, 1.82) is 0 Å². The van der Waals surface area contributed by atoms with Crippen molar-refractivity contribution in [1.82, 2.24) is 0 Å². The zero-order valence-corrected chi connectivity index (χ0v) is 13.6. The Hall–Kier alpha value is -2.36. The van der Waals surface area contributed by atoms with Crippen LogP contribution < -0.4 is 0 Å². The van der Waals surface area contributed by atoms with Crippen molar-refractivity contribution in [3.8, 4) is 0 Å². The Bertz CT molecular complexity index is 738. The first-order valence-electron chi connectivity index (χ1n) is 7.14. The molecule has 1 aromatic carbocycles. The summed E-state index contributed by atoms with van der Waals surface area (Å²) in [5.74, 6) is -0.684. The van der Waals surface area contributed by atoms with Crippen molar-refractivity contribution >= 4 is 11.8 Å². The van der Waals surface area contributed by atoms with Gasteiger partial charge in [0, 0.05) is 11.1 Å². The molecule has 0 amide bonds. The summed E-state index contributed by atoms with van der Waals surface area (Å²) in [6.07, 6.45) is 1.42. The lowest BCUT2D eigenvalue weighted by Crippen LogP contribution is -2.16. The van der Waals surface area contributed by atoms with Gasteiger partial charge in [-0.15, -0.1) is 0 Å². The third-order valence-corrected chi connectivity index (χ3v) is 4.16. The van der Waals surface area contributed by atoms with Crippen LogP contribution in [-0.4, -0.2) is 18.4 Å². The second-order valence-electron chi connectivity index (χ2n) is 5.55. The van der Waals surface area contributed by atoms with Crippen LogP contribution in [0.4, 0.5) is 0 Å². The molecule has 0 fully saturated rings. The Morgan fingerprint density at radius 2 is 1.68 bits per heavy atom. The van der Waals surface area contributed by atoms with Gasteiger partial charge in [0.05, 0.1) is 6.26 Å². The number of ketones is 1. The first-order chi connectivity index (χ1) is 10.3. The zero-order chi connectivity index (χ0) is 16.4. The van der Waals surface area contributed by atoms with E-state index < -0.39 is 5.97 Å². The van der Waals surface area contributed by atoms with E-state index in [1.165, 1.54) is 11.8 Å². The van der Waals surface area contributed by atoms with E-state index in [4.69, 9.17) is 9.15 Å². The highest BCUT2D eigenvalue weighted by atomic mass is 16.5. The molecule has 1 aromatic heterocycles. The lowest BCUT2D eigenvalue weighted by atomic mass is 9.93. The first-order valence-corrected chi connectivity index (χ1v) is 7.14. The maximum Gasteiger partial charge on any atom is 0.374 e. The fourth-order valence-corrected chi connectivity index (χ4v) is 2.36. The number of hydrogen-bond acceptors (Lipinski definition) is 4. The average Bonchev–Trinajstić information content (AvgIpc) is 2.92. The zero-order valence-electron chi connectivity index (χ0n) is 13.6. The smallest absolute Gasteiger partial charge is 0.374 e. The maximum absolute atomic E-state index is 12.3.